The number of carbonyl (C=O) groups excluding carboxylic acids is 1. The number of nitrogens with zero attached hydrogens (tertiary/aromatic N) is 3. The van der Waals surface area contributed by atoms with Crippen LogP contribution in [-0.2, 0) is 4.84 Å². The molecule has 1 N–H and O–H groups in total. The number of aryl methyl sites for hydroxylation is 1. The van der Waals surface area contributed by atoms with Gasteiger partial charge in [-0.05, 0) is 25.5 Å². The molecule has 0 fully saturated rings. The highest BCUT2D eigenvalue weighted by Crippen LogP contribution is 2.11. The van der Waals surface area contributed by atoms with Gasteiger partial charge in [0.1, 0.15) is 17.3 Å². The second-order valence-corrected chi connectivity index (χ2v) is 5.49. The fourth-order valence-corrected chi connectivity index (χ4v) is 2.54. The van der Waals surface area contributed by atoms with E-state index in [2.05, 4.69) is 15.5 Å². The van der Waals surface area contributed by atoms with Crippen molar-refractivity contribution in [1.82, 2.24) is 14.7 Å². The Morgan fingerprint density at radius 3 is 3.04 bits per heavy atom. The molecule has 7 nitrogen and oxygen atoms in total. The molecular formula is C16H18N4O3. The first-order valence-electron chi connectivity index (χ1n) is 7.57. The first kappa shape index (κ1) is 15.2. The lowest BCUT2D eigenvalue weighted by molar-refractivity contribution is 0.0752. The van der Waals surface area contributed by atoms with E-state index in [1.54, 1.807) is 19.1 Å². The van der Waals surface area contributed by atoms with Gasteiger partial charge < -0.3 is 10.2 Å². The van der Waals surface area contributed by atoms with Crippen LogP contribution in [0.3, 0.4) is 0 Å². The topological polar surface area (TPSA) is 85.1 Å². The normalized spacial score (nSPS) is 17.0. The second-order valence-electron chi connectivity index (χ2n) is 5.49. The van der Waals surface area contributed by atoms with E-state index < -0.39 is 5.91 Å². The summed E-state index contributed by atoms with van der Waals surface area (Å²) in [7, 11) is 0. The van der Waals surface area contributed by atoms with Crippen molar-refractivity contribution < 1.29 is 9.63 Å². The number of fused-ring (bicyclic) bond motifs is 1. The first-order valence-corrected chi connectivity index (χ1v) is 7.57. The van der Waals surface area contributed by atoms with Crippen LogP contribution in [0.25, 0.3) is 5.65 Å². The van der Waals surface area contributed by atoms with E-state index in [0.29, 0.717) is 18.6 Å². The molecule has 0 radical (unpaired) electrons. The second kappa shape index (κ2) is 6.20. The van der Waals surface area contributed by atoms with Crippen molar-refractivity contribution in [3.63, 3.8) is 0 Å². The maximum Gasteiger partial charge on any atom is 0.270 e. The molecule has 0 spiro atoms. The van der Waals surface area contributed by atoms with Gasteiger partial charge in [0.05, 0.1) is 12.3 Å². The zero-order valence-corrected chi connectivity index (χ0v) is 13.1. The van der Waals surface area contributed by atoms with Crippen LogP contribution in [-0.4, -0.2) is 33.7 Å². The summed E-state index contributed by atoms with van der Waals surface area (Å²) in [6, 6.07) is 5.35. The quantitative estimate of drug-likeness (QED) is 0.921. The molecule has 0 aromatic carbocycles. The van der Waals surface area contributed by atoms with Gasteiger partial charge in [0, 0.05) is 18.3 Å². The third-order valence-corrected chi connectivity index (χ3v) is 3.86. The third kappa shape index (κ3) is 2.94. The van der Waals surface area contributed by atoms with Gasteiger partial charge in [0.25, 0.3) is 11.5 Å². The van der Waals surface area contributed by atoms with Gasteiger partial charge in [-0.3, -0.25) is 14.0 Å². The summed E-state index contributed by atoms with van der Waals surface area (Å²) in [6.45, 7) is 4.11. The van der Waals surface area contributed by atoms with Gasteiger partial charge >= 0.3 is 0 Å². The average Bonchev–Trinajstić information content (AvgIpc) is 3.01. The molecule has 0 unspecified atom stereocenters. The van der Waals surface area contributed by atoms with Crippen molar-refractivity contribution >= 4 is 17.3 Å². The Labute approximate surface area is 133 Å². The molecule has 120 valence electrons. The third-order valence-electron chi connectivity index (χ3n) is 3.86. The maximum absolute atomic E-state index is 12.5. The number of rotatable bonds is 4. The molecule has 0 bridgehead atoms. The van der Waals surface area contributed by atoms with E-state index in [9.17, 15) is 9.59 Å². The van der Waals surface area contributed by atoms with Crippen LogP contribution < -0.4 is 10.9 Å². The molecule has 2 aromatic rings. The number of nitrogens with one attached hydrogen (secondary N) is 1. The number of pyridine rings is 1. The minimum absolute atomic E-state index is 0.0198. The predicted octanol–water partition coefficient (Wildman–Crippen LogP) is 1.29. The molecule has 1 aliphatic heterocycles. The maximum atomic E-state index is 12.5. The molecule has 2 aromatic heterocycles. The van der Waals surface area contributed by atoms with Crippen molar-refractivity contribution in [3.05, 3.63) is 46.0 Å². The van der Waals surface area contributed by atoms with E-state index in [1.807, 2.05) is 13.0 Å². The lowest BCUT2D eigenvalue weighted by atomic mass is 10.1. The van der Waals surface area contributed by atoms with Crippen LogP contribution in [0.4, 0.5) is 0 Å². The zero-order valence-electron chi connectivity index (χ0n) is 13.1. The summed E-state index contributed by atoms with van der Waals surface area (Å²) in [5.41, 5.74) is 1.88. The van der Waals surface area contributed by atoms with Crippen LogP contribution >= 0.6 is 0 Å². The fourth-order valence-electron chi connectivity index (χ4n) is 2.54. The van der Waals surface area contributed by atoms with Crippen LogP contribution in [0.5, 0.6) is 0 Å². The number of hydrogen-bond acceptors (Lipinski definition) is 5. The Kier molecular flexibility index (Phi) is 4.10. The fraction of sp³-hybridized carbons (Fsp3) is 0.375. The minimum atomic E-state index is -0.450. The smallest absolute Gasteiger partial charge is 0.270 e. The van der Waals surface area contributed by atoms with Gasteiger partial charge in [0.2, 0.25) is 0 Å². The number of hydrogen-bond donors (Lipinski definition) is 1. The lowest BCUT2D eigenvalue weighted by Crippen LogP contribution is -2.36. The number of carbonyl (C=O) groups is 1. The van der Waals surface area contributed by atoms with Crippen LogP contribution in [0.2, 0.25) is 0 Å². The lowest BCUT2D eigenvalue weighted by Gasteiger charge is -2.10. The van der Waals surface area contributed by atoms with Crippen molar-refractivity contribution in [2.24, 2.45) is 5.16 Å². The Balaban J connectivity index is 1.76. The SMILES string of the molecule is CCC1=NO[C@H](CNC(=O)c2cnc3cccc(C)n3c2=O)C1. The minimum Gasteiger partial charge on any atom is -0.390 e. The largest absolute Gasteiger partial charge is 0.390 e. The Bertz CT molecular complexity index is 841. The van der Waals surface area contributed by atoms with Crippen molar-refractivity contribution in [2.75, 3.05) is 6.54 Å². The Morgan fingerprint density at radius 1 is 1.48 bits per heavy atom. The van der Waals surface area contributed by atoms with Gasteiger partial charge in [-0.15, -0.1) is 0 Å². The van der Waals surface area contributed by atoms with Crippen LogP contribution in [0.1, 0.15) is 35.8 Å². The van der Waals surface area contributed by atoms with Crippen LogP contribution in [0.15, 0.2) is 34.3 Å². The average molecular weight is 314 g/mol. The van der Waals surface area contributed by atoms with Crippen molar-refractivity contribution in [1.29, 1.82) is 0 Å². The molecule has 0 aliphatic carbocycles. The van der Waals surface area contributed by atoms with E-state index >= 15 is 0 Å². The zero-order chi connectivity index (χ0) is 16.4. The highest BCUT2D eigenvalue weighted by Gasteiger charge is 2.21. The van der Waals surface area contributed by atoms with E-state index in [0.717, 1.165) is 17.8 Å². The molecule has 23 heavy (non-hydrogen) atoms. The summed E-state index contributed by atoms with van der Waals surface area (Å²) >= 11 is 0. The van der Waals surface area contributed by atoms with E-state index in [4.69, 9.17) is 4.84 Å². The van der Waals surface area contributed by atoms with Gasteiger partial charge in [0.15, 0.2) is 0 Å². The Hall–Kier alpha value is -2.70. The van der Waals surface area contributed by atoms with E-state index in [-0.39, 0.29) is 17.2 Å². The van der Waals surface area contributed by atoms with E-state index in [1.165, 1.54) is 10.6 Å². The molecule has 1 amide bonds. The summed E-state index contributed by atoms with van der Waals surface area (Å²) in [5.74, 6) is -0.450. The predicted molar refractivity (Wildman–Crippen MR) is 85.7 cm³/mol. The van der Waals surface area contributed by atoms with Crippen molar-refractivity contribution in [3.8, 4) is 0 Å². The van der Waals surface area contributed by atoms with Crippen molar-refractivity contribution in [2.45, 2.75) is 32.8 Å². The number of oxime groups is 1. The highest BCUT2D eigenvalue weighted by molar-refractivity contribution is 5.93. The van der Waals surface area contributed by atoms with Gasteiger partial charge in [-0.1, -0.05) is 18.1 Å². The summed E-state index contributed by atoms with van der Waals surface area (Å²) in [5, 5.41) is 6.66. The standard InChI is InChI=1S/C16H18N4O3/c1-3-11-7-12(23-19-11)8-18-15(21)13-9-17-14-6-4-5-10(2)20(14)16(13)22/h4-6,9,12H,3,7-8H2,1-2H3,(H,18,21)/t12-/m0/s1. The molecule has 0 saturated carbocycles. The van der Waals surface area contributed by atoms with Gasteiger partial charge in [-0.25, -0.2) is 4.98 Å². The molecule has 1 atom stereocenters. The Morgan fingerprint density at radius 2 is 2.30 bits per heavy atom. The molecule has 1 aliphatic rings. The molecular weight excluding hydrogens is 296 g/mol. The van der Waals surface area contributed by atoms with Gasteiger partial charge in [-0.2, -0.15) is 0 Å². The molecule has 0 saturated heterocycles. The number of amides is 1. The summed E-state index contributed by atoms with van der Waals surface area (Å²) < 4.78 is 1.43. The monoisotopic (exact) mass is 314 g/mol. The summed E-state index contributed by atoms with van der Waals surface area (Å²) in [6.07, 6.45) is 2.67. The summed E-state index contributed by atoms with van der Waals surface area (Å²) in [4.78, 5) is 34.2. The van der Waals surface area contributed by atoms with Crippen LogP contribution in [0, 0.1) is 6.92 Å². The number of aromatic nitrogens is 2. The molecule has 3 rings (SSSR count). The highest BCUT2D eigenvalue weighted by atomic mass is 16.6. The molecule has 3 heterocycles. The molecule has 7 heteroatoms. The first-order chi connectivity index (χ1) is 11.1.